The van der Waals surface area contributed by atoms with Gasteiger partial charge in [0, 0.05) is 6.61 Å². The van der Waals surface area contributed by atoms with Gasteiger partial charge in [0.1, 0.15) is 0 Å². The van der Waals surface area contributed by atoms with Crippen LogP contribution in [0.2, 0.25) is 0 Å². The molecule has 8 heavy (non-hydrogen) atoms. The first-order valence-electron chi connectivity index (χ1n) is 3.41. The fourth-order valence-electron chi connectivity index (χ4n) is 0.992. The first kappa shape index (κ1) is 6.09. The van der Waals surface area contributed by atoms with Crippen molar-refractivity contribution in [2.24, 2.45) is 0 Å². The second kappa shape index (κ2) is 3.08. The van der Waals surface area contributed by atoms with E-state index >= 15 is 0 Å². The molecule has 0 atom stereocenters. The first-order chi connectivity index (χ1) is 3.93. The van der Waals surface area contributed by atoms with Crippen molar-refractivity contribution >= 4 is 0 Å². The Bertz CT molecular complexity index is 55.4. The average Bonchev–Trinajstić information content (AvgIpc) is 1.90. The van der Waals surface area contributed by atoms with Crippen molar-refractivity contribution in [3.63, 3.8) is 0 Å². The van der Waals surface area contributed by atoms with Crippen LogP contribution < -0.4 is 0 Å². The Labute approximate surface area is 51.0 Å². The summed E-state index contributed by atoms with van der Waals surface area (Å²) in [4.78, 5) is 0. The summed E-state index contributed by atoms with van der Waals surface area (Å²) in [6.45, 7) is 3.11. The van der Waals surface area contributed by atoms with Gasteiger partial charge in [-0.1, -0.05) is 6.92 Å². The van der Waals surface area contributed by atoms with Gasteiger partial charge in [0.05, 0.1) is 6.10 Å². The standard InChI is InChI=1S/C7H13O/c1-2-7-5-3-4-6-8-7/h2-6H2,1H3. The van der Waals surface area contributed by atoms with Gasteiger partial charge in [0.25, 0.3) is 0 Å². The molecule has 1 fully saturated rings. The Hall–Kier alpha value is -0.0400. The molecule has 1 heterocycles. The number of hydrogen-bond donors (Lipinski definition) is 0. The molecule has 0 aliphatic carbocycles. The molecule has 0 spiro atoms. The van der Waals surface area contributed by atoms with E-state index in [-0.39, 0.29) is 0 Å². The van der Waals surface area contributed by atoms with Crippen LogP contribution in [0.25, 0.3) is 0 Å². The molecule has 0 N–H and O–H groups in total. The topological polar surface area (TPSA) is 9.23 Å². The van der Waals surface area contributed by atoms with Crippen molar-refractivity contribution in [3.05, 3.63) is 6.10 Å². The Balaban J connectivity index is 2.13. The molecule has 1 aliphatic heterocycles. The Morgan fingerprint density at radius 3 is 2.75 bits per heavy atom. The van der Waals surface area contributed by atoms with Gasteiger partial charge in [-0.05, 0) is 25.7 Å². The summed E-state index contributed by atoms with van der Waals surface area (Å²) in [6, 6.07) is 0. The zero-order valence-corrected chi connectivity index (χ0v) is 5.44. The lowest BCUT2D eigenvalue weighted by atomic mass is 10.1. The lowest BCUT2D eigenvalue weighted by Crippen LogP contribution is -2.09. The van der Waals surface area contributed by atoms with E-state index in [1.54, 1.807) is 0 Å². The van der Waals surface area contributed by atoms with E-state index in [1.165, 1.54) is 25.4 Å². The Kier molecular flexibility index (Phi) is 2.34. The highest BCUT2D eigenvalue weighted by Crippen LogP contribution is 2.21. The molecular formula is C7H13O. The molecule has 1 heteroatoms. The van der Waals surface area contributed by atoms with Gasteiger partial charge in [-0.3, -0.25) is 0 Å². The summed E-state index contributed by atoms with van der Waals surface area (Å²) in [5, 5.41) is 0. The molecule has 0 saturated carbocycles. The van der Waals surface area contributed by atoms with Gasteiger partial charge in [0.15, 0.2) is 0 Å². The maximum atomic E-state index is 5.34. The third-order valence-corrected chi connectivity index (χ3v) is 1.55. The van der Waals surface area contributed by atoms with Crippen LogP contribution in [0.1, 0.15) is 32.6 Å². The van der Waals surface area contributed by atoms with Gasteiger partial charge in [-0.25, -0.2) is 0 Å². The molecule has 1 rings (SSSR count). The lowest BCUT2D eigenvalue weighted by molar-refractivity contribution is 0.0954. The van der Waals surface area contributed by atoms with Crippen molar-refractivity contribution in [1.82, 2.24) is 0 Å². The van der Waals surface area contributed by atoms with E-state index in [0.717, 1.165) is 13.0 Å². The fraction of sp³-hybridized carbons (Fsp3) is 0.857. The number of ether oxygens (including phenoxy) is 1. The predicted octanol–water partition coefficient (Wildman–Crippen LogP) is 2.13. The van der Waals surface area contributed by atoms with Crippen molar-refractivity contribution in [3.8, 4) is 0 Å². The average molecular weight is 113 g/mol. The van der Waals surface area contributed by atoms with E-state index in [1.807, 2.05) is 0 Å². The highest BCUT2D eigenvalue weighted by Gasteiger charge is 2.11. The quantitative estimate of drug-likeness (QED) is 0.506. The van der Waals surface area contributed by atoms with E-state index in [2.05, 4.69) is 6.92 Å². The molecule has 1 saturated heterocycles. The molecular weight excluding hydrogens is 100 g/mol. The molecule has 0 aromatic heterocycles. The van der Waals surface area contributed by atoms with Gasteiger partial charge >= 0.3 is 0 Å². The molecule has 0 unspecified atom stereocenters. The minimum Gasteiger partial charge on any atom is -0.372 e. The third kappa shape index (κ3) is 1.48. The number of rotatable bonds is 1. The number of hydrogen-bond acceptors (Lipinski definition) is 1. The van der Waals surface area contributed by atoms with Crippen molar-refractivity contribution in [2.45, 2.75) is 32.6 Å². The van der Waals surface area contributed by atoms with Crippen molar-refractivity contribution in [2.75, 3.05) is 6.61 Å². The molecule has 0 aromatic carbocycles. The van der Waals surface area contributed by atoms with E-state index in [4.69, 9.17) is 4.74 Å². The van der Waals surface area contributed by atoms with Crippen LogP contribution in [0.3, 0.4) is 0 Å². The molecule has 0 aromatic rings. The normalized spacial score (nSPS) is 23.6. The molecule has 0 bridgehead atoms. The highest BCUT2D eigenvalue weighted by atomic mass is 16.5. The van der Waals surface area contributed by atoms with Gasteiger partial charge in [0.2, 0.25) is 0 Å². The SMILES string of the molecule is CC[C]1CCCCO1. The summed E-state index contributed by atoms with van der Waals surface area (Å²) in [7, 11) is 0. The van der Waals surface area contributed by atoms with E-state index in [9.17, 15) is 0 Å². The lowest BCUT2D eigenvalue weighted by Gasteiger charge is -2.19. The zero-order valence-electron chi connectivity index (χ0n) is 5.44. The van der Waals surface area contributed by atoms with Crippen molar-refractivity contribution in [1.29, 1.82) is 0 Å². The Morgan fingerprint density at radius 2 is 2.38 bits per heavy atom. The molecule has 1 aliphatic rings. The van der Waals surface area contributed by atoms with Crippen molar-refractivity contribution < 1.29 is 4.74 Å². The molecule has 1 nitrogen and oxygen atoms in total. The summed E-state index contributed by atoms with van der Waals surface area (Å²) < 4.78 is 5.34. The van der Waals surface area contributed by atoms with Crippen LogP contribution in [-0.4, -0.2) is 6.61 Å². The third-order valence-electron chi connectivity index (χ3n) is 1.55. The predicted molar refractivity (Wildman–Crippen MR) is 33.3 cm³/mol. The molecule has 1 radical (unpaired) electrons. The van der Waals surface area contributed by atoms with Gasteiger partial charge < -0.3 is 4.74 Å². The van der Waals surface area contributed by atoms with Crippen LogP contribution in [0, 0.1) is 6.10 Å². The molecule has 47 valence electrons. The summed E-state index contributed by atoms with van der Waals surface area (Å²) >= 11 is 0. The second-order valence-electron chi connectivity index (χ2n) is 2.20. The van der Waals surface area contributed by atoms with Gasteiger partial charge in [-0.2, -0.15) is 0 Å². The summed E-state index contributed by atoms with van der Waals surface area (Å²) in [5.74, 6) is 0. The van der Waals surface area contributed by atoms with E-state index < -0.39 is 0 Å². The summed E-state index contributed by atoms with van der Waals surface area (Å²) in [5.41, 5.74) is 0. The minimum absolute atomic E-state index is 0.961. The fourth-order valence-corrected chi connectivity index (χ4v) is 0.992. The molecule has 0 amide bonds. The van der Waals surface area contributed by atoms with E-state index in [0.29, 0.717) is 0 Å². The van der Waals surface area contributed by atoms with Gasteiger partial charge in [-0.15, -0.1) is 0 Å². The van der Waals surface area contributed by atoms with Crippen LogP contribution in [0.4, 0.5) is 0 Å². The second-order valence-corrected chi connectivity index (χ2v) is 2.20. The maximum Gasteiger partial charge on any atom is 0.0968 e. The van der Waals surface area contributed by atoms with Crippen LogP contribution in [0.5, 0.6) is 0 Å². The largest absolute Gasteiger partial charge is 0.372 e. The smallest absolute Gasteiger partial charge is 0.0968 e. The first-order valence-corrected chi connectivity index (χ1v) is 3.41. The maximum absolute atomic E-state index is 5.34. The van der Waals surface area contributed by atoms with Crippen LogP contribution in [-0.2, 0) is 4.74 Å². The zero-order chi connectivity index (χ0) is 5.82. The summed E-state index contributed by atoms with van der Waals surface area (Å²) in [6.07, 6.45) is 6.21. The highest BCUT2D eigenvalue weighted by molar-refractivity contribution is 4.78. The Morgan fingerprint density at radius 1 is 1.50 bits per heavy atom. The minimum atomic E-state index is 0.961. The monoisotopic (exact) mass is 113 g/mol. The van der Waals surface area contributed by atoms with Crippen LogP contribution in [0.15, 0.2) is 0 Å². The van der Waals surface area contributed by atoms with Crippen LogP contribution >= 0.6 is 0 Å².